The zero-order valence-electron chi connectivity index (χ0n) is 16.4. The number of hydrogen-bond donors (Lipinski definition) is 1. The van der Waals surface area contributed by atoms with E-state index in [9.17, 15) is 9.59 Å². The van der Waals surface area contributed by atoms with Gasteiger partial charge in [0.15, 0.2) is 0 Å². The fourth-order valence-corrected chi connectivity index (χ4v) is 3.10. The van der Waals surface area contributed by atoms with E-state index in [1.165, 1.54) is 0 Å². The van der Waals surface area contributed by atoms with Crippen LogP contribution in [0.1, 0.15) is 24.7 Å². The van der Waals surface area contributed by atoms with Gasteiger partial charge < -0.3 is 9.84 Å². The van der Waals surface area contributed by atoms with Crippen LogP contribution in [0.4, 0.5) is 0 Å². The molecule has 1 heterocycles. The monoisotopic (exact) mass is 392 g/mol. The predicted octanol–water partition coefficient (Wildman–Crippen LogP) is 3.57. The summed E-state index contributed by atoms with van der Waals surface area (Å²) in [5.74, 6) is 0.586. The summed E-state index contributed by atoms with van der Waals surface area (Å²) in [5, 5.41) is 8.75. The smallest absolute Gasteiger partial charge is 0.303 e. The van der Waals surface area contributed by atoms with Crippen molar-refractivity contribution >= 4 is 5.97 Å². The van der Waals surface area contributed by atoms with Gasteiger partial charge in [-0.3, -0.25) is 14.2 Å². The van der Waals surface area contributed by atoms with E-state index in [4.69, 9.17) is 9.84 Å². The van der Waals surface area contributed by atoms with E-state index in [0.717, 1.165) is 11.1 Å². The van der Waals surface area contributed by atoms with Crippen LogP contribution in [0.5, 0.6) is 5.75 Å². The molecule has 29 heavy (non-hydrogen) atoms. The van der Waals surface area contributed by atoms with E-state index in [1.807, 2.05) is 61.5 Å². The number of hydrogen-bond acceptors (Lipinski definition) is 4. The summed E-state index contributed by atoms with van der Waals surface area (Å²) in [6.07, 6.45) is 1.11. The lowest BCUT2D eigenvalue weighted by Crippen LogP contribution is -2.25. The molecule has 0 saturated heterocycles. The lowest BCUT2D eigenvalue weighted by molar-refractivity contribution is -0.136. The maximum Gasteiger partial charge on any atom is 0.303 e. The average Bonchev–Trinajstić information content (AvgIpc) is 2.73. The molecule has 1 N–H and O–H groups in total. The Morgan fingerprint density at radius 2 is 1.79 bits per heavy atom. The Hall–Kier alpha value is -3.41. The van der Waals surface area contributed by atoms with Gasteiger partial charge in [0.1, 0.15) is 11.6 Å². The summed E-state index contributed by atoms with van der Waals surface area (Å²) in [4.78, 5) is 27.8. The minimum Gasteiger partial charge on any atom is -0.493 e. The summed E-state index contributed by atoms with van der Waals surface area (Å²) in [7, 11) is 0. The van der Waals surface area contributed by atoms with Gasteiger partial charge in [0.25, 0.3) is 5.56 Å². The Kier molecular flexibility index (Phi) is 6.79. The second-order valence-electron chi connectivity index (χ2n) is 6.64. The normalized spacial score (nSPS) is 10.7. The average molecular weight is 392 g/mol. The molecule has 0 fully saturated rings. The quantitative estimate of drug-likeness (QED) is 0.602. The van der Waals surface area contributed by atoms with E-state index in [-0.39, 0.29) is 12.0 Å². The Balaban J connectivity index is 1.67. The number of aryl methyl sites for hydroxylation is 1. The van der Waals surface area contributed by atoms with Gasteiger partial charge in [-0.1, -0.05) is 42.5 Å². The molecule has 0 unspecified atom stereocenters. The van der Waals surface area contributed by atoms with Gasteiger partial charge in [0.05, 0.1) is 12.3 Å². The highest BCUT2D eigenvalue weighted by Gasteiger charge is 2.09. The maximum atomic E-state index is 12.5. The molecule has 0 radical (unpaired) electrons. The van der Waals surface area contributed by atoms with Gasteiger partial charge in [-0.05, 0) is 31.0 Å². The molecule has 0 aliphatic carbocycles. The minimum absolute atomic E-state index is 0.0702. The number of carbonyl (C=O) groups is 1. The third kappa shape index (κ3) is 5.54. The molecule has 3 aromatic rings. The number of carboxylic acid groups (broad SMARTS) is 1. The highest BCUT2D eigenvalue weighted by Crippen LogP contribution is 2.16. The van der Waals surface area contributed by atoms with Gasteiger partial charge in [-0.2, -0.15) is 0 Å². The molecule has 0 atom stereocenters. The number of aromatic nitrogens is 2. The standard InChI is InChI=1S/C23H24N2O4/c1-2-25-21(24-20(16-22(25)26)18-6-4-3-5-7-18)14-15-29-19-11-8-17(9-12-19)10-13-23(27)28/h3-9,11-12,16H,2,10,13-15H2,1H3,(H,27,28). The number of benzene rings is 2. The van der Waals surface area contributed by atoms with Crippen molar-refractivity contribution < 1.29 is 14.6 Å². The summed E-state index contributed by atoms with van der Waals surface area (Å²) in [6.45, 7) is 2.86. The van der Waals surface area contributed by atoms with E-state index < -0.39 is 5.97 Å². The van der Waals surface area contributed by atoms with Crippen LogP contribution >= 0.6 is 0 Å². The molecule has 6 nitrogen and oxygen atoms in total. The first-order chi connectivity index (χ1) is 14.1. The molecule has 0 aliphatic heterocycles. The van der Waals surface area contributed by atoms with Crippen molar-refractivity contribution in [1.29, 1.82) is 0 Å². The van der Waals surface area contributed by atoms with Gasteiger partial charge in [0, 0.05) is 31.0 Å². The third-order valence-electron chi connectivity index (χ3n) is 4.62. The van der Waals surface area contributed by atoms with Crippen LogP contribution in [0.15, 0.2) is 65.5 Å². The van der Waals surface area contributed by atoms with Crippen molar-refractivity contribution in [3.63, 3.8) is 0 Å². The Bertz CT molecular complexity index is 1010. The third-order valence-corrected chi connectivity index (χ3v) is 4.62. The zero-order valence-corrected chi connectivity index (χ0v) is 16.4. The number of rotatable bonds is 9. The molecule has 0 bridgehead atoms. The summed E-state index contributed by atoms with van der Waals surface area (Å²) in [5.41, 5.74) is 2.46. The van der Waals surface area contributed by atoms with Crippen molar-refractivity contribution in [2.75, 3.05) is 6.61 Å². The van der Waals surface area contributed by atoms with Crippen molar-refractivity contribution in [3.8, 4) is 17.0 Å². The largest absolute Gasteiger partial charge is 0.493 e. The highest BCUT2D eigenvalue weighted by molar-refractivity contribution is 5.67. The van der Waals surface area contributed by atoms with Crippen molar-refractivity contribution in [2.45, 2.75) is 32.7 Å². The van der Waals surface area contributed by atoms with Crippen LogP contribution in [0.2, 0.25) is 0 Å². The molecule has 0 amide bonds. The number of nitrogens with zero attached hydrogens (tertiary/aromatic N) is 2. The van der Waals surface area contributed by atoms with Crippen molar-refractivity contribution in [1.82, 2.24) is 9.55 Å². The highest BCUT2D eigenvalue weighted by atomic mass is 16.5. The molecular formula is C23H24N2O4. The number of carboxylic acids is 1. The molecule has 0 saturated carbocycles. The summed E-state index contributed by atoms with van der Waals surface area (Å²) < 4.78 is 7.46. The van der Waals surface area contributed by atoms with Crippen molar-refractivity contribution in [2.24, 2.45) is 0 Å². The summed E-state index contributed by atoms with van der Waals surface area (Å²) >= 11 is 0. The number of ether oxygens (including phenoxy) is 1. The number of aliphatic carboxylic acids is 1. The zero-order chi connectivity index (χ0) is 20.6. The van der Waals surface area contributed by atoms with Crippen LogP contribution in [0, 0.1) is 0 Å². The van der Waals surface area contributed by atoms with Crippen LogP contribution < -0.4 is 10.3 Å². The first kappa shape index (κ1) is 20.3. The van der Waals surface area contributed by atoms with E-state index >= 15 is 0 Å². The molecule has 2 aromatic carbocycles. The minimum atomic E-state index is -0.808. The molecule has 6 heteroatoms. The van der Waals surface area contributed by atoms with Crippen LogP contribution in [0.3, 0.4) is 0 Å². The second kappa shape index (κ2) is 9.68. The first-order valence-electron chi connectivity index (χ1n) is 9.66. The molecule has 3 rings (SSSR count). The van der Waals surface area contributed by atoms with Crippen LogP contribution in [0.25, 0.3) is 11.3 Å². The van der Waals surface area contributed by atoms with Crippen molar-refractivity contribution in [3.05, 3.63) is 82.4 Å². The lowest BCUT2D eigenvalue weighted by atomic mass is 10.1. The molecule has 0 aliphatic rings. The lowest BCUT2D eigenvalue weighted by Gasteiger charge is -2.13. The Labute approximate surface area is 169 Å². The molecule has 150 valence electrons. The second-order valence-corrected chi connectivity index (χ2v) is 6.64. The predicted molar refractivity (Wildman–Crippen MR) is 111 cm³/mol. The fraction of sp³-hybridized carbons (Fsp3) is 0.261. The summed E-state index contributed by atoms with van der Waals surface area (Å²) in [6, 6.07) is 18.6. The van der Waals surface area contributed by atoms with Crippen LogP contribution in [-0.4, -0.2) is 27.2 Å². The maximum absolute atomic E-state index is 12.5. The molecule has 0 spiro atoms. The molecular weight excluding hydrogens is 368 g/mol. The van der Waals surface area contributed by atoms with Gasteiger partial charge in [0.2, 0.25) is 0 Å². The van der Waals surface area contributed by atoms with E-state index in [0.29, 0.717) is 43.3 Å². The van der Waals surface area contributed by atoms with Gasteiger partial charge in [-0.25, -0.2) is 4.98 Å². The molecule has 1 aromatic heterocycles. The fourth-order valence-electron chi connectivity index (χ4n) is 3.10. The van der Waals surface area contributed by atoms with E-state index in [2.05, 4.69) is 4.98 Å². The van der Waals surface area contributed by atoms with Crippen LogP contribution in [-0.2, 0) is 24.2 Å². The van der Waals surface area contributed by atoms with Gasteiger partial charge >= 0.3 is 5.97 Å². The van der Waals surface area contributed by atoms with Gasteiger partial charge in [-0.15, -0.1) is 0 Å². The SMILES string of the molecule is CCn1c(CCOc2ccc(CCC(=O)O)cc2)nc(-c2ccccc2)cc1=O. The Morgan fingerprint density at radius 1 is 1.07 bits per heavy atom. The van der Waals surface area contributed by atoms with E-state index in [1.54, 1.807) is 10.6 Å². The Morgan fingerprint density at radius 3 is 2.45 bits per heavy atom. The first-order valence-corrected chi connectivity index (χ1v) is 9.66. The topological polar surface area (TPSA) is 81.4 Å².